The first-order valence-corrected chi connectivity index (χ1v) is 8.56. The second-order valence-electron chi connectivity index (χ2n) is 6.66. The Labute approximate surface area is 137 Å². The standard InChI is InChI=1S/C16H27N5O2/c1-3-20-13-17-18-14(20)11-19-8-6-16(12-19)5-4-7-21(15(16)22)9-10-23-2/h13H,3-12H2,1-2H3. The summed E-state index contributed by atoms with van der Waals surface area (Å²) < 4.78 is 7.21. The van der Waals surface area contributed by atoms with Crippen molar-refractivity contribution in [3.63, 3.8) is 0 Å². The summed E-state index contributed by atoms with van der Waals surface area (Å²) in [6.07, 6.45) is 4.83. The number of aromatic nitrogens is 3. The van der Waals surface area contributed by atoms with Crippen molar-refractivity contribution in [3.05, 3.63) is 12.2 Å². The van der Waals surface area contributed by atoms with Crippen LogP contribution in [-0.4, -0.2) is 70.4 Å². The van der Waals surface area contributed by atoms with Crippen molar-refractivity contribution < 1.29 is 9.53 Å². The molecule has 0 N–H and O–H groups in total. The first kappa shape index (κ1) is 16.4. The Kier molecular flexibility index (Phi) is 4.96. The van der Waals surface area contributed by atoms with Gasteiger partial charge in [-0.2, -0.15) is 0 Å². The minimum absolute atomic E-state index is 0.191. The lowest BCUT2D eigenvalue weighted by atomic mass is 9.78. The molecule has 1 amide bonds. The maximum absolute atomic E-state index is 12.9. The molecule has 2 aliphatic heterocycles. The van der Waals surface area contributed by atoms with E-state index in [9.17, 15) is 4.79 Å². The van der Waals surface area contributed by atoms with Crippen LogP contribution in [0.4, 0.5) is 0 Å². The van der Waals surface area contributed by atoms with Gasteiger partial charge in [0.05, 0.1) is 18.6 Å². The van der Waals surface area contributed by atoms with Gasteiger partial charge in [-0.15, -0.1) is 10.2 Å². The molecule has 2 fully saturated rings. The molecule has 7 nitrogen and oxygen atoms in total. The zero-order chi connectivity index (χ0) is 16.3. The molecule has 0 saturated carbocycles. The largest absolute Gasteiger partial charge is 0.383 e. The first-order valence-electron chi connectivity index (χ1n) is 8.56. The van der Waals surface area contributed by atoms with Crippen LogP contribution in [0.3, 0.4) is 0 Å². The van der Waals surface area contributed by atoms with Crippen LogP contribution in [0.5, 0.6) is 0 Å². The number of rotatable bonds is 6. The highest BCUT2D eigenvalue weighted by molar-refractivity contribution is 5.84. The summed E-state index contributed by atoms with van der Waals surface area (Å²) in [4.78, 5) is 17.3. The van der Waals surface area contributed by atoms with E-state index in [0.717, 1.165) is 57.8 Å². The fraction of sp³-hybridized carbons (Fsp3) is 0.812. The summed E-state index contributed by atoms with van der Waals surface area (Å²) in [5, 5.41) is 8.21. The number of piperidine rings is 1. The summed E-state index contributed by atoms with van der Waals surface area (Å²) >= 11 is 0. The molecular formula is C16H27N5O2. The van der Waals surface area contributed by atoms with Crippen LogP contribution < -0.4 is 0 Å². The molecule has 7 heteroatoms. The van der Waals surface area contributed by atoms with Gasteiger partial charge in [0.2, 0.25) is 5.91 Å². The van der Waals surface area contributed by atoms with Crippen molar-refractivity contribution in [1.29, 1.82) is 0 Å². The van der Waals surface area contributed by atoms with Crippen LogP contribution in [0, 0.1) is 5.41 Å². The molecule has 23 heavy (non-hydrogen) atoms. The zero-order valence-corrected chi connectivity index (χ0v) is 14.2. The van der Waals surface area contributed by atoms with E-state index >= 15 is 0 Å². The minimum Gasteiger partial charge on any atom is -0.383 e. The highest BCUT2D eigenvalue weighted by Crippen LogP contribution is 2.40. The summed E-state index contributed by atoms with van der Waals surface area (Å²) in [6.45, 7) is 7.75. The molecule has 0 bridgehead atoms. The van der Waals surface area contributed by atoms with Gasteiger partial charge in [-0.25, -0.2) is 0 Å². The molecule has 1 aromatic rings. The molecule has 3 rings (SSSR count). The van der Waals surface area contributed by atoms with Gasteiger partial charge in [0, 0.05) is 33.3 Å². The van der Waals surface area contributed by atoms with E-state index in [2.05, 4.69) is 26.6 Å². The Morgan fingerprint density at radius 2 is 2.22 bits per heavy atom. The molecule has 1 aromatic heterocycles. The van der Waals surface area contributed by atoms with Gasteiger partial charge in [-0.05, 0) is 32.7 Å². The second-order valence-corrected chi connectivity index (χ2v) is 6.66. The summed E-state index contributed by atoms with van der Waals surface area (Å²) in [5.74, 6) is 1.31. The van der Waals surface area contributed by atoms with E-state index in [1.807, 2.05) is 4.90 Å². The average molecular weight is 321 g/mol. The van der Waals surface area contributed by atoms with E-state index in [-0.39, 0.29) is 5.41 Å². The predicted molar refractivity (Wildman–Crippen MR) is 85.7 cm³/mol. The lowest BCUT2D eigenvalue weighted by Crippen LogP contribution is -2.50. The average Bonchev–Trinajstić information content (AvgIpc) is 3.17. The Balaban J connectivity index is 1.64. The topological polar surface area (TPSA) is 63.5 Å². The van der Waals surface area contributed by atoms with Crippen molar-refractivity contribution in [3.8, 4) is 0 Å². The molecular weight excluding hydrogens is 294 g/mol. The molecule has 128 valence electrons. The van der Waals surface area contributed by atoms with Crippen LogP contribution in [0.1, 0.15) is 32.0 Å². The van der Waals surface area contributed by atoms with E-state index in [0.29, 0.717) is 19.1 Å². The van der Waals surface area contributed by atoms with Crippen molar-refractivity contribution in [2.45, 2.75) is 39.3 Å². The highest BCUT2D eigenvalue weighted by Gasteiger charge is 2.48. The molecule has 0 aromatic carbocycles. The van der Waals surface area contributed by atoms with E-state index in [1.54, 1.807) is 13.4 Å². The van der Waals surface area contributed by atoms with Crippen LogP contribution in [0.2, 0.25) is 0 Å². The van der Waals surface area contributed by atoms with E-state index < -0.39 is 0 Å². The van der Waals surface area contributed by atoms with Crippen LogP contribution in [-0.2, 0) is 22.6 Å². The number of hydrogen-bond acceptors (Lipinski definition) is 5. The molecule has 1 spiro atoms. The van der Waals surface area contributed by atoms with Crippen LogP contribution >= 0.6 is 0 Å². The quantitative estimate of drug-likeness (QED) is 0.774. The Bertz CT molecular complexity index is 546. The second kappa shape index (κ2) is 6.97. The third kappa shape index (κ3) is 3.26. The maximum atomic E-state index is 12.9. The molecule has 0 radical (unpaired) electrons. The number of nitrogens with zero attached hydrogens (tertiary/aromatic N) is 5. The Hall–Kier alpha value is -1.47. The number of carbonyl (C=O) groups is 1. The fourth-order valence-corrected chi connectivity index (χ4v) is 3.90. The number of methoxy groups -OCH3 is 1. The third-order valence-corrected chi connectivity index (χ3v) is 5.22. The maximum Gasteiger partial charge on any atom is 0.230 e. The van der Waals surface area contributed by atoms with Crippen molar-refractivity contribution in [2.24, 2.45) is 5.41 Å². The number of carbonyl (C=O) groups excluding carboxylic acids is 1. The van der Waals surface area contributed by atoms with Crippen molar-refractivity contribution in [1.82, 2.24) is 24.6 Å². The predicted octanol–water partition coefficient (Wildman–Crippen LogP) is 0.759. The number of amides is 1. The number of hydrogen-bond donors (Lipinski definition) is 0. The Morgan fingerprint density at radius 3 is 3.00 bits per heavy atom. The smallest absolute Gasteiger partial charge is 0.230 e. The molecule has 1 unspecified atom stereocenters. The normalized spacial score (nSPS) is 25.7. The summed E-state index contributed by atoms with van der Waals surface area (Å²) in [6, 6.07) is 0. The fourth-order valence-electron chi connectivity index (χ4n) is 3.90. The van der Waals surface area contributed by atoms with E-state index in [4.69, 9.17) is 4.74 Å². The van der Waals surface area contributed by atoms with Crippen molar-refractivity contribution in [2.75, 3.05) is 39.9 Å². The minimum atomic E-state index is -0.191. The molecule has 1 atom stereocenters. The van der Waals surface area contributed by atoms with Gasteiger partial charge in [0.15, 0.2) is 0 Å². The van der Waals surface area contributed by atoms with Gasteiger partial charge in [0.1, 0.15) is 12.2 Å². The number of likely N-dealkylation sites (tertiary alicyclic amines) is 2. The molecule has 2 saturated heterocycles. The SMILES string of the molecule is CCn1cnnc1CN1CCC2(CCCN(CCOC)C2=O)C1. The van der Waals surface area contributed by atoms with Gasteiger partial charge < -0.3 is 14.2 Å². The molecule has 2 aliphatic rings. The summed E-state index contributed by atoms with van der Waals surface area (Å²) in [5.41, 5.74) is -0.191. The Morgan fingerprint density at radius 1 is 1.35 bits per heavy atom. The molecule has 0 aliphatic carbocycles. The van der Waals surface area contributed by atoms with E-state index in [1.165, 1.54) is 0 Å². The van der Waals surface area contributed by atoms with Gasteiger partial charge in [-0.3, -0.25) is 9.69 Å². The van der Waals surface area contributed by atoms with Crippen LogP contribution in [0.25, 0.3) is 0 Å². The van der Waals surface area contributed by atoms with Gasteiger partial charge in [-0.1, -0.05) is 0 Å². The first-order chi connectivity index (χ1) is 11.2. The van der Waals surface area contributed by atoms with Gasteiger partial charge >= 0.3 is 0 Å². The lowest BCUT2D eigenvalue weighted by Gasteiger charge is -2.39. The van der Waals surface area contributed by atoms with Crippen LogP contribution in [0.15, 0.2) is 6.33 Å². The number of ether oxygens (including phenoxy) is 1. The monoisotopic (exact) mass is 321 g/mol. The third-order valence-electron chi connectivity index (χ3n) is 5.22. The summed E-state index contributed by atoms with van der Waals surface area (Å²) in [7, 11) is 1.69. The zero-order valence-electron chi connectivity index (χ0n) is 14.2. The van der Waals surface area contributed by atoms with Crippen molar-refractivity contribution >= 4 is 5.91 Å². The highest BCUT2D eigenvalue weighted by atomic mass is 16.5. The number of aryl methyl sites for hydroxylation is 1. The van der Waals surface area contributed by atoms with Gasteiger partial charge in [0.25, 0.3) is 0 Å². The molecule has 3 heterocycles. The lowest BCUT2D eigenvalue weighted by molar-refractivity contribution is -0.146.